The van der Waals surface area contributed by atoms with Crippen molar-refractivity contribution in [3.8, 4) is 0 Å². The third-order valence-corrected chi connectivity index (χ3v) is 2.63. The zero-order valence-electron chi connectivity index (χ0n) is 9.43. The Bertz CT molecular complexity index is 505. The van der Waals surface area contributed by atoms with Gasteiger partial charge in [-0.2, -0.15) is 0 Å². The molecule has 2 aromatic carbocycles. The smallest absolute Gasteiger partial charge is 0.150 e. The maximum atomic E-state index is 12.8. The minimum Gasteiger partial charge on any atom is -0.345 e. The molecule has 2 rings (SSSR count). The summed E-state index contributed by atoms with van der Waals surface area (Å²) in [5.41, 5.74) is 2.48. The molecule has 0 radical (unpaired) electrons. The Labute approximate surface area is 99.3 Å². The van der Waals surface area contributed by atoms with E-state index in [4.69, 9.17) is 0 Å². The number of hydrogen-bond acceptors (Lipinski definition) is 2. The lowest BCUT2D eigenvalue weighted by molar-refractivity contribution is 0.112. The minimum atomic E-state index is -0.251. The fourth-order valence-corrected chi connectivity index (χ4v) is 1.59. The number of aldehydes is 1. The maximum absolute atomic E-state index is 12.8. The van der Waals surface area contributed by atoms with Gasteiger partial charge in [0.25, 0.3) is 0 Å². The lowest BCUT2D eigenvalue weighted by Gasteiger charge is -2.19. The number of rotatable bonds is 3. The molecule has 0 amide bonds. The van der Waals surface area contributed by atoms with Gasteiger partial charge in [-0.3, -0.25) is 4.79 Å². The predicted octanol–water partition coefficient (Wildman–Crippen LogP) is 3.41. The summed E-state index contributed by atoms with van der Waals surface area (Å²) < 4.78 is 12.8. The van der Waals surface area contributed by atoms with Crippen molar-refractivity contribution in [2.24, 2.45) is 0 Å². The number of anilines is 2. The molecule has 0 aliphatic carbocycles. The Morgan fingerprint density at radius 1 is 0.941 bits per heavy atom. The maximum Gasteiger partial charge on any atom is 0.150 e. The summed E-state index contributed by atoms with van der Waals surface area (Å²) in [5, 5.41) is 0. The molecule has 0 bridgehead atoms. The third kappa shape index (κ3) is 2.50. The van der Waals surface area contributed by atoms with Crippen LogP contribution in [0.1, 0.15) is 10.4 Å². The summed E-state index contributed by atoms with van der Waals surface area (Å²) in [5.74, 6) is -0.251. The second-order valence-corrected chi connectivity index (χ2v) is 3.74. The zero-order chi connectivity index (χ0) is 12.3. The molecular formula is C14H12FNO. The molecule has 2 nitrogen and oxygen atoms in total. The van der Waals surface area contributed by atoms with E-state index >= 15 is 0 Å². The predicted molar refractivity (Wildman–Crippen MR) is 66.3 cm³/mol. The van der Waals surface area contributed by atoms with Gasteiger partial charge in [0.2, 0.25) is 0 Å². The highest BCUT2D eigenvalue weighted by Crippen LogP contribution is 2.23. The normalized spacial score (nSPS) is 10.0. The molecule has 3 heteroatoms. The van der Waals surface area contributed by atoms with Gasteiger partial charge in [0.15, 0.2) is 0 Å². The van der Waals surface area contributed by atoms with Crippen molar-refractivity contribution < 1.29 is 9.18 Å². The number of benzene rings is 2. The molecule has 0 aliphatic rings. The van der Waals surface area contributed by atoms with Gasteiger partial charge in [-0.25, -0.2) is 4.39 Å². The van der Waals surface area contributed by atoms with E-state index in [9.17, 15) is 9.18 Å². The van der Waals surface area contributed by atoms with Gasteiger partial charge in [-0.05, 0) is 48.5 Å². The average molecular weight is 229 g/mol. The highest BCUT2D eigenvalue weighted by molar-refractivity contribution is 5.76. The van der Waals surface area contributed by atoms with Gasteiger partial charge in [-0.15, -0.1) is 0 Å². The minimum absolute atomic E-state index is 0.251. The van der Waals surface area contributed by atoms with Crippen molar-refractivity contribution >= 4 is 17.7 Å². The highest BCUT2D eigenvalue weighted by atomic mass is 19.1. The molecular weight excluding hydrogens is 217 g/mol. The summed E-state index contributed by atoms with van der Waals surface area (Å²) in [7, 11) is 1.89. The first-order valence-electron chi connectivity index (χ1n) is 5.25. The fourth-order valence-electron chi connectivity index (χ4n) is 1.59. The number of carbonyl (C=O) groups is 1. The van der Waals surface area contributed by atoms with Crippen molar-refractivity contribution in [1.82, 2.24) is 0 Å². The van der Waals surface area contributed by atoms with Crippen LogP contribution in [0, 0.1) is 5.82 Å². The standard InChI is InChI=1S/C14H12FNO/c1-16(14-8-4-12(15)5-9-14)13-6-2-11(10-17)3-7-13/h2-10H,1H3. The van der Waals surface area contributed by atoms with Crippen molar-refractivity contribution in [1.29, 1.82) is 0 Å². The van der Waals surface area contributed by atoms with Gasteiger partial charge < -0.3 is 4.90 Å². The molecule has 86 valence electrons. The first-order valence-corrected chi connectivity index (χ1v) is 5.25. The Balaban J connectivity index is 2.26. The van der Waals surface area contributed by atoms with Crippen LogP contribution in [0.5, 0.6) is 0 Å². The van der Waals surface area contributed by atoms with Crippen LogP contribution in [0.3, 0.4) is 0 Å². The fraction of sp³-hybridized carbons (Fsp3) is 0.0714. The SMILES string of the molecule is CN(c1ccc(F)cc1)c1ccc(C=O)cc1. The van der Waals surface area contributed by atoms with Crippen LogP contribution in [0.25, 0.3) is 0 Å². The van der Waals surface area contributed by atoms with E-state index in [1.54, 1.807) is 24.3 Å². The third-order valence-electron chi connectivity index (χ3n) is 2.63. The summed E-state index contributed by atoms with van der Waals surface area (Å²) >= 11 is 0. The van der Waals surface area contributed by atoms with E-state index in [0.717, 1.165) is 17.7 Å². The molecule has 0 fully saturated rings. The quantitative estimate of drug-likeness (QED) is 0.752. The molecule has 0 heterocycles. The van der Waals surface area contributed by atoms with E-state index in [1.807, 2.05) is 24.1 Å². The molecule has 0 aliphatic heterocycles. The van der Waals surface area contributed by atoms with Gasteiger partial charge in [-0.1, -0.05) is 0 Å². The number of nitrogens with zero attached hydrogens (tertiary/aromatic N) is 1. The number of carbonyl (C=O) groups excluding carboxylic acids is 1. The number of hydrogen-bond donors (Lipinski definition) is 0. The van der Waals surface area contributed by atoms with E-state index in [1.165, 1.54) is 12.1 Å². The Hall–Kier alpha value is -2.16. The van der Waals surface area contributed by atoms with Crippen molar-refractivity contribution in [3.63, 3.8) is 0 Å². The van der Waals surface area contributed by atoms with Crippen LogP contribution in [0.2, 0.25) is 0 Å². The van der Waals surface area contributed by atoms with Crippen LogP contribution in [-0.2, 0) is 0 Å². The van der Waals surface area contributed by atoms with Crippen LogP contribution >= 0.6 is 0 Å². The molecule has 0 aromatic heterocycles. The first-order chi connectivity index (χ1) is 8.20. The van der Waals surface area contributed by atoms with Crippen LogP contribution in [0.15, 0.2) is 48.5 Å². The second kappa shape index (κ2) is 4.78. The van der Waals surface area contributed by atoms with Gasteiger partial charge in [0.1, 0.15) is 12.1 Å². The van der Waals surface area contributed by atoms with Crippen molar-refractivity contribution in [2.45, 2.75) is 0 Å². The lowest BCUT2D eigenvalue weighted by atomic mass is 10.2. The molecule has 0 spiro atoms. The largest absolute Gasteiger partial charge is 0.345 e. The molecule has 17 heavy (non-hydrogen) atoms. The second-order valence-electron chi connectivity index (χ2n) is 3.74. The summed E-state index contributed by atoms with van der Waals surface area (Å²) in [6, 6.07) is 13.5. The topological polar surface area (TPSA) is 20.3 Å². The molecule has 0 saturated heterocycles. The first kappa shape index (κ1) is 11.3. The highest BCUT2D eigenvalue weighted by Gasteiger charge is 2.03. The molecule has 0 atom stereocenters. The summed E-state index contributed by atoms with van der Waals surface area (Å²) in [6.45, 7) is 0. The van der Waals surface area contributed by atoms with Crippen LogP contribution in [-0.4, -0.2) is 13.3 Å². The van der Waals surface area contributed by atoms with Gasteiger partial charge >= 0.3 is 0 Å². The molecule has 0 saturated carbocycles. The van der Waals surface area contributed by atoms with Crippen LogP contribution < -0.4 is 4.90 Å². The molecule has 2 aromatic rings. The average Bonchev–Trinajstić information content (AvgIpc) is 2.39. The van der Waals surface area contributed by atoms with Gasteiger partial charge in [0.05, 0.1) is 0 Å². The Kier molecular flexibility index (Phi) is 3.19. The summed E-state index contributed by atoms with van der Waals surface area (Å²) in [6.07, 6.45) is 0.807. The van der Waals surface area contributed by atoms with Crippen LogP contribution in [0.4, 0.5) is 15.8 Å². The summed E-state index contributed by atoms with van der Waals surface area (Å²) in [4.78, 5) is 12.5. The van der Waals surface area contributed by atoms with Crippen molar-refractivity contribution in [2.75, 3.05) is 11.9 Å². The van der Waals surface area contributed by atoms with Gasteiger partial charge in [0, 0.05) is 24.0 Å². The monoisotopic (exact) mass is 229 g/mol. The molecule has 0 N–H and O–H groups in total. The van der Waals surface area contributed by atoms with E-state index in [-0.39, 0.29) is 5.82 Å². The Morgan fingerprint density at radius 2 is 1.41 bits per heavy atom. The van der Waals surface area contributed by atoms with E-state index in [2.05, 4.69) is 0 Å². The van der Waals surface area contributed by atoms with Crippen molar-refractivity contribution in [3.05, 3.63) is 59.9 Å². The van der Waals surface area contributed by atoms with E-state index in [0.29, 0.717) is 5.56 Å². The Morgan fingerprint density at radius 3 is 1.88 bits per heavy atom. The zero-order valence-corrected chi connectivity index (χ0v) is 9.43. The molecule has 0 unspecified atom stereocenters. The lowest BCUT2D eigenvalue weighted by Crippen LogP contribution is -2.09. The van der Waals surface area contributed by atoms with E-state index < -0.39 is 0 Å². The number of halogens is 1.